The maximum Gasteiger partial charge on any atom is 0.360 e. The molecule has 0 spiro atoms. The SMILES string of the molecule is CCOC(=O)c1cc(-c2cc(C)ccn2)on1. The van der Waals surface area contributed by atoms with Gasteiger partial charge >= 0.3 is 5.97 Å². The van der Waals surface area contributed by atoms with E-state index in [1.54, 1.807) is 13.1 Å². The molecule has 0 saturated heterocycles. The summed E-state index contributed by atoms with van der Waals surface area (Å²) in [5.41, 5.74) is 1.86. The summed E-state index contributed by atoms with van der Waals surface area (Å²) < 4.78 is 9.88. The zero-order valence-electron chi connectivity index (χ0n) is 9.64. The van der Waals surface area contributed by atoms with E-state index in [0.29, 0.717) is 18.1 Å². The highest BCUT2D eigenvalue weighted by atomic mass is 16.5. The van der Waals surface area contributed by atoms with Crippen molar-refractivity contribution in [1.29, 1.82) is 0 Å². The van der Waals surface area contributed by atoms with Gasteiger partial charge in [0.05, 0.1) is 6.61 Å². The molecule has 0 saturated carbocycles. The van der Waals surface area contributed by atoms with Crippen molar-refractivity contribution in [1.82, 2.24) is 10.1 Å². The molecule has 2 heterocycles. The summed E-state index contributed by atoms with van der Waals surface area (Å²) in [6.07, 6.45) is 1.68. The third-order valence-electron chi connectivity index (χ3n) is 2.16. The van der Waals surface area contributed by atoms with Crippen LogP contribution >= 0.6 is 0 Å². The van der Waals surface area contributed by atoms with Crippen LogP contribution in [0.1, 0.15) is 23.0 Å². The lowest BCUT2D eigenvalue weighted by Gasteiger charge is -1.95. The summed E-state index contributed by atoms with van der Waals surface area (Å²) in [6, 6.07) is 5.27. The van der Waals surface area contributed by atoms with Crippen LogP contribution in [0.4, 0.5) is 0 Å². The zero-order valence-corrected chi connectivity index (χ0v) is 9.64. The predicted octanol–water partition coefficient (Wildman–Crippen LogP) is 2.22. The van der Waals surface area contributed by atoms with E-state index in [2.05, 4.69) is 10.1 Å². The van der Waals surface area contributed by atoms with Crippen molar-refractivity contribution in [3.8, 4) is 11.5 Å². The van der Waals surface area contributed by atoms with Gasteiger partial charge in [-0.25, -0.2) is 4.79 Å². The maximum atomic E-state index is 11.4. The van der Waals surface area contributed by atoms with E-state index >= 15 is 0 Å². The molecule has 0 aliphatic heterocycles. The largest absolute Gasteiger partial charge is 0.461 e. The summed E-state index contributed by atoms with van der Waals surface area (Å²) in [7, 11) is 0. The van der Waals surface area contributed by atoms with Gasteiger partial charge < -0.3 is 9.26 Å². The minimum atomic E-state index is -0.491. The highest BCUT2D eigenvalue weighted by Crippen LogP contribution is 2.19. The molecular formula is C12H12N2O3. The summed E-state index contributed by atoms with van der Waals surface area (Å²) in [6.45, 7) is 4.00. The molecule has 2 aromatic rings. The average Bonchev–Trinajstić information content (AvgIpc) is 2.78. The van der Waals surface area contributed by atoms with Gasteiger partial charge in [0, 0.05) is 12.3 Å². The van der Waals surface area contributed by atoms with E-state index in [0.717, 1.165) is 5.56 Å². The molecule has 2 aromatic heterocycles. The Morgan fingerprint density at radius 3 is 3.00 bits per heavy atom. The Labute approximate surface area is 98.4 Å². The molecule has 0 amide bonds. The first-order chi connectivity index (χ1) is 8.20. The molecule has 0 atom stereocenters. The quantitative estimate of drug-likeness (QED) is 0.759. The maximum absolute atomic E-state index is 11.4. The van der Waals surface area contributed by atoms with Crippen LogP contribution in [0.15, 0.2) is 28.9 Å². The second-order valence-electron chi connectivity index (χ2n) is 3.52. The van der Waals surface area contributed by atoms with Gasteiger partial charge in [-0.15, -0.1) is 0 Å². The monoisotopic (exact) mass is 232 g/mol. The molecule has 0 aliphatic carbocycles. The number of aromatic nitrogens is 2. The Bertz CT molecular complexity index is 534. The average molecular weight is 232 g/mol. The van der Waals surface area contributed by atoms with Gasteiger partial charge in [-0.2, -0.15) is 0 Å². The fraction of sp³-hybridized carbons (Fsp3) is 0.250. The molecule has 0 bridgehead atoms. The first-order valence-electron chi connectivity index (χ1n) is 5.27. The molecule has 0 radical (unpaired) electrons. The van der Waals surface area contributed by atoms with Gasteiger partial charge in [-0.1, -0.05) is 5.16 Å². The molecule has 88 valence electrons. The number of nitrogens with zero attached hydrogens (tertiary/aromatic N) is 2. The van der Waals surface area contributed by atoms with Crippen molar-refractivity contribution in [3.05, 3.63) is 35.7 Å². The van der Waals surface area contributed by atoms with Crippen molar-refractivity contribution in [3.63, 3.8) is 0 Å². The Balaban J connectivity index is 2.27. The van der Waals surface area contributed by atoms with Crippen molar-refractivity contribution in [2.45, 2.75) is 13.8 Å². The number of ether oxygens (including phenoxy) is 1. The van der Waals surface area contributed by atoms with Gasteiger partial charge in [-0.05, 0) is 31.5 Å². The minimum Gasteiger partial charge on any atom is -0.461 e. The van der Waals surface area contributed by atoms with Crippen LogP contribution in [0.5, 0.6) is 0 Å². The van der Waals surface area contributed by atoms with Crippen LogP contribution in [0.25, 0.3) is 11.5 Å². The van der Waals surface area contributed by atoms with Crippen molar-refractivity contribution in [2.24, 2.45) is 0 Å². The number of hydrogen-bond donors (Lipinski definition) is 0. The zero-order chi connectivity index (χ0) is 12.3. The highest BCUT2D eigenvalue weighted by Gasteiger charge is 2.15. The van der Waals surface area contributed by atoms with Crippen molar-refractivity contribution >= 4 is 5.97 Å². The lowest BCUT2D eigenvalue weighted by Crippen LogP contribution is -2.04. The molecule has 17 heavy (non-hydrogen) atoms. The summed E-state index contributed by atoms with van der Waals surface area (Å²) in [5.74, 6) is -0.0353. The van der Waals surface area contributed by atoms with Crippen molar-refractivity contribution < 1.29 is 14.1 Å². The summed E-state index contributed by atoms with van der Waals surface area (Å²) >= 11 is 0. The normalized spacial score (nSPS) is 10.2. The topological polar surface area (TPSA) is 65.2 Å². The number of pyridine rings is 1. The number of carbonyl (C=O) groups is 1. The number of aryl methyl sites for hydroxylation is 1. The van der Waals surface area contributed by atoms with Gasteiger partial charge in [-0.3, -0.25) is 4.98 Å². The van der Waals surface area contributed by atoms with E-state index in [1.807, 2.05) is 19.1 Å². The predicted molar refractivity (Wildman–Crippen MR) is 60.4 cm³/mol. The Morgan fingerprint density at radius 2 is 2.29 bits per heavy atom. The van der Waals surface area contributed by atoms with Gasteiger partial charge in [0.15, 0.2) is 11.5 Å². The van der Waals surface area contributed by atoms with Gasteiger partial charge in [0.2, 0.25) is 0 Å². The highest BCUT2D eigenvalue weighted by molar-refractivity contribution is 5.88. The lowest BCUT2D eigenvalue weighted by atomic mass is 10.2. The number of rotatable bonds is 3. The smallest absolute Gasteiger partial charge is 0.360 e. The van der Waals surface area contributed by atoms with Crippen LogP contribution in [-0.2, 0) is 4.74 Å². The molecule has 5 heteroatoms. The third-order valence-corrected chi connectivity index (χ3v) is 2.16. The standard InChI is InChI=1S/C12H12N2O3/c1-3-16-12(15)10-7-11(17-14-10)9-6-8(2)4-5-13-9/h4-7H,3H2,1-2H3. The second kappa shape index (κ2) is 4.78. The Hall–Kier alpha value is -2.17. The molecule has 0 aliphatic rings. The Kier molecular flexibility index (Phi) is 3.18. The fourth-order valence-corrected chi connectivity index (χ4v) is 1.37. The molecule has 5 nitrogen and oxygen atoms in total. The van der Waals surface area contributed by atoms with Gasteiger partial charge in [0.25, 0.3) is 0 Å². The minimum absolute atomic E-state index is 0.158. The van der Waals surface area contributed by atoms with Crippen molar-refractivity contribution in [2.75, 3.05) is 6.61 Å². The lowest BCUT2D eigenvalue weighted by molar-refractivity contribution is 0.0514. The fourth-order valence-electron chi connectivity index (χ4n) is 1.37. The molecule has 2 rings (SSSR count). The molecule has 0 aromatic carbocycles. The summed E-state index contributed by atoms with van der Waals surface area (Å²) in [4.78, 5) is 15.5. The van der Waals surface area contributed by atoms with E-state index < -0.39 is 5.97 Å². The first-order valence-corrected chi connectivity index (χ1v) is 5.27. The van der Waals surface area contributed by atoms with Crippen LogP contribution < -0.4 is 0 Å². The molecular weight excluding hydrogens is 220 g/mol. The van der Waals surface area contributed by atoms with Crippen LogP contribution in [0.2, 0.25) is 0 Å². The van der Waals surface area contributed by atoms with E-state index in [9.17, 15) is 4.79 Å². The first kappa shape index (κ1) is 11.3. The number of carbonyl (C=O) groups excluding carboxylic acids is 1. The molecule has 0 fully saturated rings. The summed E-state index contributed by atoms with van der Waals surface area (Å²) in [5, 5.41) is 3.65. The Morgan fingerprint density at radius 1 is 1.47 bits per heavy atom. The molecule has 0 unspecified atom stereocenters. The van der Waals surface area contributed by atoms with E-state index in [-0.39, 0.29) is 5.69 Å². The van der Waals surface area contributed by atoms with Crippen LogP contribution in [0, 0.1) is 6.92 Å². The third kappa shape index (κ3) is 2.50. The van der Waals surface area contributed by atoms with E-state index in [4.69, 9.17) is 9.26 Å². The molecule has 0 N–H and O–H groups in total. The van der Waals surface area contributed by atoms with E-state index in [1.165, 1.54) is 6.07 Å². The van der Waals surface area contributed by atoms with Crippen LogP contribution in [0.3, 0.4) is 0 Å². The number of hydrogen-bond acceptors (Lipinski definition) is 5. The number of esters is 1. The second-order valence-corrected chi connectivity index (χ2v) is 3.52. The van der Waals surface area contributed by atoms with Crippen LogP contribution in [-0.4, -0.2) is 22.7 Å². The van der Waals surface area contributed by atoms with Gasteiger partial charge in [0.1, 0.15) is 5.69 Å².